The number of fused-ring (bicyclic) bond motifs is 1. The van der Waals surface area contributed by atoms with Crippen LogP contribution in [0.1, 0.15) is 44.6 Å². The summed E-state index contributed by atoms with van der Waals surface area (Å²) < 4.78 is 0.965. The minimum Gasteiger partial charge on any atom is -0.326 e. The van der Waals surface area contributed by atoms with Gasteiger partial charge in [0, 0.05) is 18.5 Å². The maximum atomic E-state index is 12.4. The Morgan fingerprint density at radius 3 is 2.33 bits per heavy atom. The monoisotopic (exact) mass is 419 g/mol. The fourth-order valence-electron chi connectivity index (χ4n) is 3.20. The topological polar surface area (TPSA) is 71.1 Å². The van der Waals surface area contributed by atoms with E-state index in [0.717, 1.165) is 47.2 Å². The van der Waals surface area contributed by atoms with Crippen molar-refractivity contribution in [1.82, 2.24) is 4.98 Å². The summed E-state index contributed by atoms with van der Waals surface area (Å²) in [7, 11) is 0. The van der Waals surface area contributed by atoms with Crippen molar-refractivity contribution >= 4 is 44.2 Å². The number of anilines is 2. The second-order valence-electron chi connectivity index (χ2n) is 6.89. The zero-order chi connectivity index (χ0) is 21.9. The Bertz CT molecular complexity index is 1090. The van der Waals surface area contributed by atoms with Crippen LogP contribution in [-0.4, -0.2) is 16.8 Å². The molecule has 154 valence electrons. The molecular formula is C24H25N3O2S. The van der Waals surface area contributed by atoms with Gasteiger partial charge >= 0.3 is 0 Å². The van der Waals surface area contributed by atoms with Gasteiger partial charge in [0.2, 0.25) is 11.8 Å². The summed E-state index contributed by atoms with van der Waals surface area (Å²) >= 11 is 1.42. The number of carbonyl (C=O) groups is 2. The van der Waals surface area contributed by atoms with Gasteiger partial charge in [0.1, 0.15) is 0 Å². The van der Waals surface area contributed by atoms with Gasteiger partial charge < -0.3 is 10.6 Å². The standard InChI is InChI=1S/C17H21N3O2S.C7H4/c1-10-8-13(19-16(22)12-6-4-3-5-7-12)9-14-15(10)20-17(23-14)18-11(2)21;1-3-5-7-6-4-2/h8-9,12H,3-7H2,1-2H3,(H,19,22)(H,18,20,21);1-2H2. The predicted octanol–water partition coefficient (Wildman–Crippen LogP) is 5.66. The van der Waals surface area contributed by atoms with Crippen LogP contribution in [0.4, 0.5) is 10.8 Å². The first-order valence-electron chi connectivity index (χ1n) is 9.73. The van der Waals surface area contributed by atoms with Gasteiger partial charge in [-0.2, -0.15) is 0 Å². The van der Waals surface area contributed by atoms with E-state index in [9.17, 15) is 9.59 Å². The van der Waals surface area contributed by atoms with Gasteiger partial charge in [-0.05, 0) is 67.8 Å². The van der Waals surface area contributed by atoms with Crippen molar-refractivity contribution in [2.45, 2.75) is 46.0 Å². The number of hydrogen-bond donors (Lipinski definition) is 2. The SMILES string of the molecule is C=C=C=C=C=C=C.CC(=O)Nc1nc2c(C)cc(NC(=O)C3CCCCC3)cc2s1. The molecule has 1 aliphatic carbocycles. The first kappa shape index (κ1) is 23.0. The third kappa shape index (κ3) is 6.94. The highest BCUT2D eigenvalue weighted by Crippen LogP contribution is 2.32. The largest absolute Gasteiger partial charge is 0.326 e. The molecule has 1 aromatic heterocycles. The maximum absolute atomic E-state index is 12.4. The Morgan fingerprint density at radius 2 is 1.73 bits per heavy atom. The summed E-state index contributed by atoms with van der Waals surface area (Å²) in [6.07, 6.45) is 5.50. The molecule has 0 unspecified atom stereocenters. The number of amides is 2. The van der Waals surface area contributed by atoms with Gasteiger partial charge in [-0.1, -0.05) is 42.1 Å². The molecule has 1 fully saturated rings. The molecule has 6 heteroatoms. The summed E-state index contributed by atoms with van der Waals surface area (Å²) in [6, 6.07) is 3.88. The number of thiazole rings is 1. The minimum absolute atomic E-state index is 0.120. The van der Waals surface area contributed by atoms with Crippen molar-refractivity contribution in [3.63, 3.8) is 0 Å². The van der Waals surface area contributed by atoms with Crippen LogP contribution >= 0.6 is 11.3 Å². The number of benzene rings is 1. The Morgan fingerprint density at radius 1 is 1.07 bits per heavy atom. The lowest BCUT2D eigenvalue weighted by molar-refractivity contribution is -0.120. The van der Waals surface area contributed by atoms with Crippen LogP contribution in [0, 0.1) is 12.8 Å². The second-order valence-corrected chi connectivity index (χ2v) is 7.92. The fourth-order valence-corrected chi connectivity index (χ4v) is 4.23. The van der Waals surface area contributed by atoms with Crippen molar-refractivity contribution in [2.24, 2.45) is 5.92 Å². The van der Waals surface area contributed by atoms with E-state index in [0.29, 0.717) is 5.13 Å². The molecule has 2 amide bonds. The van der Waals surface area contributed by atoms with Gasteiger partial charge in [-0.25, -0.2) is 4.98 Å². The second kappa shape index (κ2) is 11.6. The molecule has 1 saturated carbocycles. The maximum Gasteiger partial charge on any atom is 0.227 e. The third-order valence-corrected chi connectivity index (χ3v) is 5.43. The quantitative estimate of drug-likeness (QED) is 0.631. The molecule has 0 spiro atoms. The molecule has 0 atom stereocenters. The summed E-state index contributed by atoms with van der Waals surface area (Å²) in [6.45, 7) is 9.93. The van der Waals surface area contributed by atoms with Crippen molar-refractivity contribution in [3.8, 4) is 0 Å². The highest BCUT2D eigenvalue weighted by atomic mass is 32.1. The van der Waals surface area contributed by atoms with E-state index in [1.807, 2.05) is 19.1 Å². The normalized spacial score (nSPS) is 12.7. The Hall–Kier alpha value is -3.31. The number of hydrogen-bond acceptors (Lipinski definition) is 4. The van der Waals surface area contributed by atoms with E-state index in [-0.39, 0.29) is 17.7 Å². The predicted molar refractivity (Wildman–Crippen MR) is 123 cm³/mol. The van der Waals surface area contributed by atoms with E-state index >= 15 is 0 Å². The molecule has 0 bridgehead atoms. The molecule has 1 aliphatic rings. The third-order valence-electron chi connectivity index (χ3n) is 4.51. The Labute approximate surface area is 180 Å². The fraction of sp³-hybridized carbons (Fsp3) is 0.333. The minimum atomic E-state index is -0.132. The molecule has 2 aromatic rings. The van der Waals surface area contributed by atoms with Gasteiger partial charge in [0.25, 0.3) is 0 Å². The van der Waals surface area contributed by atoms with Crippen LogP contribution in [0.25, 0.3) is 10.2 Å². The highest BCUT2D eigenvalue weighted by Gasteiger charge is 2.21. The zero-order valence-electron chi connectivity index (χ0n) is 17.4. The number of aryl methyl sites for hydroxylation is 1. The van der Waals surface area contributed by atoms with Crippen LogP contribution in [0.3, 0.4) is 0 Å². The van der Waals surface area contributed by atoms with Crippen molar-refractivity contribution in [3.05, 3.63) is 59.5 Å². The molecule has 1 aromatic carbocycles. The molecule has 3 rings (SSSR count). The summed E-state index contributed by atoms with van der Waals surface area (Å²) in [4.78, 5) is 28.0. The molecule has 30 heavy (non-hydrogen) atoms. The lowest BCUT2D eigenvalue weighted by atomic mass is 9.88. The Balaban J connectivity index is 0.000000396. The van der Waals surface area contributed by atoms with Crippen molar-refractivity contribution in [1.29, 1.82) is 0 Å². The van der Waals surface area contributed by atoms with Gasteiger partial charge in [-0.15, -0.1) is 0 Å². The average Bonchev–Trinajstić information content (AvgIpc) is 3.12. The van der Waals surface area contributed by atoms with Crippen LogP contribution in [-0.2, 0) is 9.59 Å². The molecule has 0 aliphatic heterocycles. The van der Waals surface area contributed by atoms with E-state index < -0.39 is 0 Å². The molecule has 0 radical (unpaired) electrons. The smallest absolute Gasteiger partial charge is 0.227 e. The number of aromatic nitrogens is 1. The Kier molecular flexibility index (Phi) is 8.91. The number of nitrogens with one attached hydrogen (secondary N) is 2. The first-order valence-corrected chi connectivity index (χ1v) is 10.5. The van der Waals surface area contributed by atoms with Crippen LogP contribution in [0.2, 0.25) is 0 Å². The van der Waals surface area contributed by atoms with Crippen LogP contribution in [0.5, 0.6) is 0 Å². The van der Waals surface area contributed by atoms with E-state index in [1.54, 1.807) is 0 Å². The van der Waals surface area contributed by atoms with E-state index in [4.69, 9.17) is 0 Å². The first-order chi connectivity index (χ1) is 14.4. The lowest BCUT2D eigenvalue weighted by Gasteiger charge is -2.20. The summed E-state index contributed by atoms with van der Waals surface area (Å²) in [5, 5.41) is 6.35. The molecular weight excluding hydrogens is 394 g/mol. The molecule has 5 nitrogen and oxygen atoms in total. The van der Waals surface area contributed by atoms with Gasteiger partial charge in [0.15, 0.2) is 5.13 Å². The summed E-state index contributed by atoms with van der Waals surface area (Å²) in [5.41, 5.74) is 14.7. The molecule has 2 N–H and O–H groups in total. The van der Waals surface area contributed by atoms with Crippen molar-refractivity contribution < 1.29 is 9.59 Å². The highest BCUT2D eigenvalue weighted by molar-refractivity contribution is 7.22. The lowest BCUT2D eigenvalue weighted by Crippen LogP contribution is -2.24. The number of carbonyl (C=O) groups excluding carboxylic acids is 2. The molecule has 0 saturated heterocycles. The van der Waals surface area contributed by atoms with E-state index in [2.05, 4.69) is 57.4 Å². The van der Waals surface area contributed by atoms with Gasteiger partial charge in [0.05, 0.1) is 10.2 Å². The number of rotatable bonds is 3. The zero-order valence-corrected chi connectivity index (χ0v) is 18.2. The van der Waals surface area contributed by atoms with Crippen molar-refractivity contribution in [2.75, 3.05) is 10.6 Å². The van der Waals surface area contributed by atoms with Gasteiger partial charge in [-0.3, -0.25) is 9.59 Å². The van der Waals surface area contributed by atoms with Crippen LogP contribution in [0.15, 0.2) is 53.9 Å². The summed E-state index contributed by atoms with van der Waals surface area (Å²) in [5.74, 6) is 0.124. The average molecular weight is 420 g/mol. The van der Waals surface area contributed by atoms with Crippen LogP contribution < -0.4 is 10.6 Å². The number of nitrogens with zero attached hydrogens (tertiary/aromatic N) is 1. The van der Waals surface area contributed by atoms with E-state index in [1.165, 1.54) is 24.7 Å². The molecule has 1 heterocycles.